The van der Waals surface area contributed by atoms with Crippen molar-refractivity contribution < 1.29 is 14.3 Å². The van der Waals surface area contributed by atoms with E-state index >= 15 is 0 Å². The van der Waals surface area contributed by atoms with E-state index in [2.05, 4.69) is 10.1 Å². The van der Waals surface area contributed by atoms with Crippen molar-refractivity contribution in [2.24, 2.45) is 11.7 Å². The van der Waals surface area contributed by atoms with Gasteiger partial charge in [-0.15, -0.1) is 0 Å². The highest BCUT2D eigenvalue weighted by Gasteiger charge is 2.39. The molecular formula is C13H16N2O3. The van der Waals surface area contributed by atoms with Crippen molar-refractivity contribution in [1.29, 1.82) is 0 Å². The van der Waals surface area contributed by atoms with Crippen LogP contribution in [0.15, 0.2) is 24.3 Å². The van der Waals surface area contributed by atoms with E-state index in [4.69, 9.17) is 5.73 Å². The maximum atomic E-state index is 11.5. The average Bonchev–Trinajstić information content (AvgIpc) is 3.13. The van der Waals surface area contributed by atoms with Crippen LogP contribution in [0.3, 0.4) is 0 Å². The van der Waals surface area contributed by atoms with E-state index in [0.29, 0.717) is 12.1 Å². The van der Waals surface area contributed by atoms with E-state index in [-0.39, 0.29) is 23.8 Å². The van der Waals surface area contributed by atoms with Gasteiger partial charge in [-0.1, -0.05) is 12.1 Å². The quantitative estimate of drug-likeness (QED) is 0.757. The van der Waals surface area contributed by atoms with Gasteiger partial charge in [0.05, 0.1) is 18.6 Å². The molecule has 5 nitrogen and oxygen atoms in total. The summed E-state index contributed by atoms with van der Waals surface area (Å²) in [5, 5.41) is 2.82. The molecule has 0 aliphatic heterocycles. The zero-order valence-corrected chi connectivity index (χ0v) is 10.2. The molecule has 1 amide bonds. The number of hydrogen-bond acceptors (Lipinski definition) is 4. The predicted octanol–water partition coefficient (Wildman–Crippen LogP) is 0.437. The smallest absolute Gasteiger partial charge is 0.337 e. The van der Waals surface area contributed by atoms with Crippen molar-refractivity contribution in [2.75, 3.05) is 7.11 Å². The summed E-state index contributed by atoms with van der Waals surface area (Å²) in [6, 6.07) is 6.96. The Morgan fingerprint density at radius 1 is 1.39 bits per heavy atom. The van der Waals surface area contributed by atoms with E-state index in [0.717, 1.165) is 12.0 Å². The Hall–Kier alpha value is -1.88. The lowest BCUT2D eigenvalue weighted by molar-refractivity contribution is -0.122. The lowest BCUT2D eigenvalue weighted by Gasteiger charge is -2.05. The topological polar surface area (TPSA) is 81.4 Å². The highest BCUT2D eigenvalue weighted by Crippen LogP contribution is 2.27. The third-order valence-corrected chi connectivity index (χ3v) is 3.02. The minimum Gasteiger partial charge on any atom is -0.465 e. The molecule has 0 saturated heterocycles. The number of ether oxygens (including phenoxy) is 1. The van der Waals surface area contributed by atoms with Crippen molar-refractivity contribution in [2.45, 2.75) is 19.0 Å². The summed E-state index contributed by atoms with van der Waals surface area (Å²) in [6.45, 7) is 0.448. The van der Waals surface area contributed by atoms with Gasteiger partial charge in [0.1, 0.15) is 0 Å². The zero-order chi connectivity index (χ0) is 13.1. The Balaban J connectivity index is 1.86. The number of nitrogens with two attached hydrogens (primary N) is 1. The molecule has 2 unspecified atom stereocenters. The zero-order valence-electron chi connectivity index (χ0n) is 10.2. The molecule has 96 valence electrons. The van der Waals surface area contributed by atoms with E-state index in [1.54, 1.807) is 24.3 Å². The molecule has 0 heterocycles. The third kappa shape index (κ3) is 2.87. The van der Waals surface area contributed by atoms with E-state index in [1.807, 2.05) is 0 Å². The molecule has 0 aromatic heterocycles. The Morgan fingerprint density at radius 3 is 2.50 bits per heavy atom. The number of esters is 1. The fourth-order valence-electron chi connectivity index (χ4n) is 1.71. The van der Waals surface area contributed by atoms with Crippen LogP contribution < -0.4 is 11.1 Å². The molecule has 2 rings (SSSR count). The standard InChI is InChI=1S/C13H16N2O3/c1-18-13(17)9-4-2-8(3-5-9)7-15-12(16)10-6-11(10)14/h2-5,10-11H,6-7,14H2,1H3,(H,15,16). The molecule has 1 saturated carbocycles. The molecule has 1 aromatic carbocycles. The first-order chi connectivity index (χ1) is 8.61. The average molecular weight is 248 g/mol. The van der Waals surface area contributed by atoms with Gasteiger partial charge in [-0.3, -0.25) is 4.79 Å². The second kappa shape index (κ2) is 5.18. The van der Waals surface area contributed by atoms with Crippen molar-refractivity contribution in [3.05, 3.63) is 35.4 Å². The van der Waals surface area contributed by atoms with Crippen molar-refractivity contribution in [1.82, 2.24) is 5.32 Å². The number of carbonyl (C=O) groups is 2. The highest BCUT2D eigenvalue weighted by molar-refractivity contribution is 5.89. The van der Waals surface area contributed by atoms with Crippen molar-refractivity contribution in [3.63, 3.8) is 0 Å². The van der Waals surface area contributed by atoms with Gasteiger partial charge in [-0.05, 0) is 24.1 Å². The van der Waals surface area contributed by atoms with Crippen LogP contribution in [0, 0.1) is 5.92 Å². The van der Waals surface area contributed by atoms with Gasteiger partial charge in [0.15, 0.2) is 0 Å². The van der Waals surface area contributed by atoms with Crippen LogP contribution >= 0.6 is 0 Å². The van der Waals surface area contributed by atoms with Crippen LogP contribution in [-0.2, 0) is 16.1 Å². The van der Waals surface area contributed by atoms with Crippen LogP contribution in [0.5, 0.6) is 0 Å². The molecule has 1 aliphatic rings. The summed E-state index contributed by atoms with van der Waals surface area (Å²) in [7, 11) is 1.34. The maximum Gasteiger partial charge on any atom is 0.337 e. The van der Waals surface area contributed by atoms with Gasteiger partial charge >= 0.3 is 5.97 Å². The second-order valence-corrected chi connectivity index (χ2v) is 4.41. The van der Waals surface area contributed by atoms with Crippen LogP contribution in [0.25, 0.3) is 0 Å². The molecule has 1 fully saturated rings. The van der Waals surface area contributed by atoms with Crippen LogP contribution in [0.1, 0.15) is 22.3 Å². The predicted molar refractivity (Wildman–Crippen MR) is 65.7 cm³/mol. The SMILES string of the molecule is COC(=O)c1ccc(CNC(=O)C2CC2N)cc1. The van der Waals surface area contributed by atoms with Gasteiger partial charge in [-0.25, -0.2) is 4.79 Å². The Kier molecular flexibility index (Phi) is 3.62. The Labute approximate surface area is 105 Å². The number of benzene rings is 1. The van der Waals surface area contributed by atoms with Gasteiger partial charge in [-0.2, -0.15) is 0 Å². The summed E-state index contributed by atoms with van der Waals surface area (Å²) >= 11 is 0. The van der Waals surface area contributed by atoms with Crippen molar-refractivity contribution in [3.8, 4) is 0 Å². The minimum atomic E-state index is -0.366. The number of amides is 1. The summed E-state index contributed by atoms with van der Waals surface area (Å²) in [5.74, 6) is -0.395. The number of carbonyl (C=O) groups excluding carboxylic acids is 2. The first-order valence-corrected chi connectivity index (χ1v) is 5.82. The normalized spacial score (nSPS) is 21.2. The van der Waals surface area contributed by atoms with Crippen LogP contribution in [-0.4, -0.2) is 25.0 Å². The molecule has 0 radical (unpaired) electrons. The summed E-state index contributed by atoms with van der Waals surface area (Å²) in [4.78, 5) is 22.8. The lowest BCUT2D eigenvalue weighted by Crippen LogP contribution is -2.26. The molecule has 1 aromatic rings. The minimum absolute atomic E-state index is 0.000422. The number of rotatable bonds is 4. The fourth-order valence-corrected chi connectivity index (χ4v) is 1.71. The van der Waals surface area contributed by atoms with Gasteiger partial charge < -0.3 is 15.8 Å². The van der Waals surface area contributed by atoms with Crippen LogP contribution in [0.2, 0.25) is 0 Å². The maximum absolute atomic E-state index is 11.5. The van der Waals surface area contributed by atoms with Crippen LogP contribution in [0.4, 0.5) is 0 Å². The first kappa shape index (κ1) is 12.6. The number of nitrogens with one attached hydrogen (secondary N) is 1. The molecule has 1 aliphatic carbocycles. The molecule has 3 N–H and O–H groups in total. The fraction of sp³-hybridized carbons (Fsp3) is 0.385. The second-order valence-electron chi connectivity index (χ2n) is 4.41. The number of hydrogen-bond donors (Lipinski definition) is 2. The van der Waals surface area contributed by atoms with Gasteiger partial charge in [0.2, 0.25) is 5.91 Å². The lowest BCUT2D eigenvalue weighted by atomic mass is 10.1. The highest BCUT2D eigenvalue weighted by atomic mass is 16.5. The summed E-state index contributed by atoms with van der Waals surface area (Å²) in [5.41, 5.74) is 7.03. The summed E-state index contributed by atoms with van der Waals surface area (Å²) in [6.07, 6.45) is 0.771. The molecule has 0 bridgehead atoms. The van der Waals surface area contributed by atoms with E-state index < -0.39 is 0 Å². The number of methoxy groups -OCH3 is 1. The molecular weight excluding hydrogens is 232 g/mol. The Morgan fingerprint density at radius 2 is 2.00 bits per heavy atom. The summed E-state index contributed by atoms with van der Waals surface area (Å²) < 4.78 is 4.60. The first-order valence-electron chi connectivity index (χ1n) is 5.82. The molecule has 2 atom stereocenters. The molecule has 0 spiro atoms. The monoisotopic (exact) mass is 248 g/mol. The van der Waals surface area contributed by atoms with Crippen molar-refractivity contribution >= 4 is 11.9 Å². The van der Waals surface area contributed by atoms with E-state index in [9.17, 15) is 9.59 Å². The molecule has 18 heavy (non-hydrogen) atoms. The van der Waals surface area contributed by atoms with E-state index in [1.165, 1.54) is 7.11 Å². The third-order valence-electron chi connectivity index (χ3n) is 3.02. The van der Waals surface area contributed by atoms with Gasteiger partial charge in [0, 0.05) is 12.6 Å². The molecule has 5 heteroatoms. The largest absolute Gasteiger partial charge is 0.465 e. The Bertz CT molecular complexity index is 456. The van der Waals surface area contributed by atoms with Gasteiger partial charge in [0.25, 0.3) is 0 Å².